The number of hydrogen-bond donors (Lipinski definition) is 1. The van der Waals surface area contributed by atoms with E-state index in [2.05, 4.69) is 0 Å². The monoisotopic (exact) mass is 336 g/mol. The SMILES string of the molecule is COC[C@@H]1CN(C(=O)Cc2cc(OC)cc(OC)c2)C[C@H]1C(N)=O. The van der Waals surface area contributed by atoms with Crippen molar-refractivity contribution in [1.29, 1.82) is 0 Å². The number of nitrogens with zero attached hydrogens (tertiary/aromatic N) is 1. The highest BCUT2D eigenvalue weighted by atomic mass is 16.5. The average molecular weight is 336 g/mol. The lowest BCUT2D eigenvalue weighted by molar-refractivity contribution is -0.129. The molecule has 0 spiro atoms. The lowest BCUT2D eigenvalue weighted by Crippen LogP contribution is -2.33. The number of benzene rings is 1. The van der Waals surface area contributed by atoms with E-state index >= 15 is 0 Å². The maximum absolute atomic E-state index is 12.6. The van der Waals surface area contributed by atoms with Crippen LogP contribution in [0.1, 0.15) is 5.56 Å². The summed E-state index contributed by atoms with van der Waals surface area (Å²) < 4.78 is 15.6. The Morgan fingerprint density at radius 3 is 2.25 bits per heavy atom. The molecule has 24 heavy (non-hydrogen) atoms. The first kappa shape index (κ1) is 18.1. The number of nitrogens with two attached hydrogens (primary N) is 1. The highest BCUT2D eigenvalue weighted by Crippen LogP contribution is 2.26. The summed E-state index contributed by atoms with van der Waals surface area (Å²) in [6, 6.07) is 5.35. The van der Waals surface area contributed by atoms with E-state index in [-0.39, 0.29) is 24.2 Å². The van der Waals surface area contributed by atoms with Crippen LogP contribution in [0.3, 0.4) is 0 Å². The maximum atomic E-state index is 12.6. The molecule has 0 bridgehead atoms. The maximum Gasteiger partial charge on any atom is 0.227 e. The van der Waals surface area contributed by atoms with Crippen molar-refractivity contribution in [2.24, 2.45) is 17.6 Å². The fourth-order valence-corrected chi connectivity index (χ4v) is 3.04. The van der Waals surface area contributed by atoms with Gasteiger partial charge in [0.15, 0.2) is 0 Å². The number of primary amides is 1. The van der Waals surface area contributed by atoms with E-state index in [0.29, 0.717) is 31.2 Å². The van der Waals surface area contributed by atoms with Gasteiger partial charge in [0, 0.05) is 32.2 Å². The number of carbonyl (C=O) groups excluding carboxylic acids is 2. The molecule has 1 aliphatic heterocycles. The summed E-state index contributed by atoms with van der Waals surface area (Å²) in [7, 11) is 4.70. The van der Waals surface area contributed by atoms with Crippen LogP contribution in [0.25, 0.3) is 0 Å². The van der Waals surface area contributed by atoms with Gasteiger partial charge in [0.25, 0.3) is 0 Å². The van der Waals surface area contributed by atoms with Crippen LogP contribution in [0.5, 0.6) is 11.5 Å². The van der Waals surface area contributed by atoms with Gasteiger partial charge in [-0.15, -0.1) is 0 Å². The standard InChI is InChI=1S/C17H24N2O5/c1-22-10-12-8-19(9-15(12)17(18)21)16(20)6-11-4-13(23-2)7-14(5-11)24-3/h4-5,7,12,15H,6,8-10H2,1-3H3,(H2,18,21)/t12-,15+/m0/s1. The highest BCUT2D eigenvalue weighted by molar-refractivity contribution is 5.82. The van der Waals surface area contributed by atoms with Crippen LogP contribution in [0.4, 0.5) is 0 Å². The van der Waals surface area contributed by atoms with Gasteiger partial charge in [0.2, 0.25) is 11.8 Å². The molecule has 1 saturated heterocycles. The molecule has 1 fully saturated rings. The van der Waals surface area contributed by atoms with Crippen LogP contribution >= 0.6 is 0 Å². The smallest absolute Gasteiger partial charge is 0.227 e. The van der Waals surface area contributed by atoms with E-state index in [1.165, 1.54) is 0 Å². The molecule has 0 unspecified atom stereocenters. The van der Waals surface area contributed by atoms with E-state index in [1.807, 2.05) is 0 Å². The lowest BCUT2D eigenvalue weighted by atomic mass is 9.96. The zero-order valence-electron chi connectivity index (χ0n) is 14.3. The molecule has 0 radical (unpaired) electrons. The van der Waals surface area contributed by atoms with Crippen molar-refractivity contribution in [3.05, 3.63) is 23.8 Å². The number of methoxy groups -OCH3 is 3. The Labute approximate surface area is 141 Å². The second kappa shape index (κ2) is 8.01. The first-order valence-electron chi connectivity index (χ1n) is 7.76. The molecule has 1 aliphatic rings. The topological polar surface area (TPSA) is 91.1 Å². The van der Waals surface area contributed by atoms with Crippen molar-refractivity contribution in [2.45, 2.75) is 6.42 Å². The summed E-state index contributed by atoms with van der Waals surface area (Å²) in [5.74, 6) is 0.382. The van der Waals surface area contributed by atoms with Crippen molar-refractivity contribution < 1.29 is 23.8 Å². The van der Waals surface area contributed by atoms with Crippen LogP contribution < -0.4 is 15.2 Å². The number of amides is 2. The fraction of sp³-hybridized carbons (Fsp3) is 0.529. The van der Waals surface area contributed by atoms with Gasteiger partial charge in [-0.1, -0.05) is 0 Å². The Balaban J connectivity index is 2.08. The van der Waals surface area contributed by atoms with E-state index in [0.717, 1.165) is 5.56 Å². The minimum absolute atomic E-state index is 0.0590. The van der Waals surface area contributed by atoms with Crippen molar-refractivity contribution in [2.75, 3.05) is 41.0 Å². The van der Waals surface area contributed by atoms with Gasteiger partial charge in [-0.05, 0) is 17.7 Å². The Kier molecular flexibility index (Phi) is 6.03. The molecule has 2 amide bonds. The molecular formula is C17H24N2O5. The number of carbonyl (C=O) groups is 2. The quantitative estimate of drug-likeness (QED) is 0.781. The van der Waals surface area contributed by atoms with Crippen LogP contribution in [-0.2, 0) is 20.7 Å². The molecule has 0 aliphatic carbocycles. The highest BCUT2D eigenvalue weighted by Gasteiger charge is 2.38. The molecule has 1 aromatic rings. The number of hydrogen-bond acceptors (Lipinski definition) is 5. The van der Waals surface area contributed by atoms with Crippen LogP contribution in [0, 0.1) is 11.8 Å². The predicted molar refractivity (Wildman–Crippen MR) is 87.9 cm³/mol. The summed E-state index contributed by atoms with van der Waals surface area (Å²) in [5, 5.41) is 0. The van der Waals surface area contributed by atoms with Crippen LogP contribution in [0.2, 0.25) is 0 Å². The average Bonchev–Trinajstić information content (AvgIpc) is 2.99. The molecule has 7 nitrogen and oxygen atoms in total. The predicted octanol–water partition coefficient (Wildman–Crippen LogP) is 0.453. The number of rotatable bonds is 7. The van der Waals surface area contributed by atoms with Crippen molar-refractivity contribution in [1.82, 2.24) is 4.90 Å². The third-order valence-corrected chi connectivity index (χ3v) is 4.31. The third-order valence-electron chi connectivity index (χ3n) is 4.31. The van der Waals surface area contributed by atoms with Gasteiger partial charge < -0.3 is 24.8 Å². The second-order valence-electron chi connectivity index (χ2n) is 5.92. The molecule has 1 aromatic carbocycles. The summed E-state index contributed by atoms with van der Waals surface area (Å²) in [4.78, 5) is 25.8. The number of likely N-dealkylation sites (tertiary alicyclic amines) is 1. The Hall–Kier alpha value is -2.28. The molecule has 0 saturated carbocycles. The van der Waals surface area contributed by atoms with Gasteiger partial charge >= 0.3 is 0 Å². The van der Waals surface area contributed by atoms with E-state index in [9.17, 15) is 9.59 Å². The zero-order chi connectivity index (χ0) is 17.7. The van der Waals surface area contributed by atoms with Crippen LogP contribution in [-0.4, -0.2) is 57.7 Å². The van der Waals surface area contributed by atoms with Gasteiger partial charge in [0.1, 0.15) is 11.5 Å². The first-order chi connectivity index (χ1) is 11.5. The van der Waals surface area contributed by atoms with E-state index in [4.69, 9.17) is 19.9 Å². The molecule has 1 heterocycles. The largest absolute Gasteiger partial charge is 0.497 e. The van der Waals surface area contributed by atoms with Crippen molar-refractivity contribution in [3.8, 4) is 11.5 Å². The summed E-state index contributed by atoms with van der Waals surface area (Å²) >= 11 is 0. The van der Waals surface area contributed by atoms with Gasteiger partial charge in [0.05, 0.1) is 33.2 Å². The molecule has 7 heteroatoms. The zero-order valence-corrected chi connectivity index (χ0v) is 14.3. The Morgan fingerprint density at radius 2 is 1.75 bits per heavy atom. The van der Waals surface area contributed by atoms with E-state index in [1.54, 1.807) is 44.4 Å². The first-order valence-corrected chi connectivity index (χ1v) is 7.76. The summed E-state index contributed by atoms with van der Waals surface area (Å²) in [5.41, 5.74) is 6.24. The van der Waals surface area contributed by atoms with Crippen LogP contribution in [0.15, 0.2) is 18.2 Å². The lowest BCUT2D eigenvalue weighted by Gasteiger charge is -2.17. The van der Waals surface area contributed by atoms with Gasteiger partial charge in [-0.3, -0.25) is 9.59 Å². The molecule has 132 valence electrons. The molecule has 2 atom stereocenters. The number of ether oxygens (including phenoxy) is 3. The normalized spacial score (nSPS) is 20.0. The molecule has 2 N–H and O–H groups in total. The summed E-state index contributed by atoms with van der Waals surface area (Å²) in [6.07, 6.45) is 0.207. The minimum atomic E-state index is -0.393. The molecule has 2 rings (SSSR count). The van der Waals surface area contributed by atoms with Crippen molar-refractivity contribution >= 4 is 11.8 Å². The van der Waals surface area contributed by atoms with Crippen molar-refractivity contribution in [3.63, 3.8) is 0 Å². The Bertz CT molecular complexity index is 582. The minimum Gasteiger partial charge on any atom is -0.497 e. The second-order valence-corrected chi connectivity index (χ2v) is 5.92. The van der Waals surface area contributed by atoms with Gasteiger partial charge in [-0.2, -0.15) is 0 Å². The Morgan fingerprint density at radius 1 is 1.12 bits per heavy atom. The molecule has 0 aromatic heterocycles. The third kappa shape index (κ3) is 4.17. The summed E-state index contributed by atoms with van der Waals surface area (Å²) in [6.45, 7) is 1.22. The van der Waals surface area contributed by atoms with Gasteiger partial charge in [-0.25, -0.2) is 0 Å². The fourth-order valence-electron chi connectivity index (χ4n) is 3.04. The molecular weight excluding hydrogens is 312 g/mol. The van der Waals surface area contributed by atoms with E-state index < -0.39 is 5.91 Å².